The van der Waals surface area contributed by atoms with Gasteiger partial charge in [-0.3, -0.25) is 4.79 Å². The highest BCUT2D eigenvalue weighted by atomic mass is 19.1. The van der Waals surface area contributed by atoms with Gasteiger partial charge in [-0.1, -0.05) is 11.8 Å². The molecule has 1 heterocycles. The summed E-state index contributed by atoms with van der Waals surface area (Å²) in [4.78, 5) is 23.4. The van der Waals surface area contributed by atoms with Crippen LogP contribution in [-0.2, 0) is 11.3 Å². The van der Waals surface area contributed by atoms with Crippen LogP contribution in [0.25, 0.3) is 6.08 Å². The molecule has 0 fully saturated rings. The quantitative estimate of drug-likeness (QED) is 0.676. The van der Waals surface area contributed by atoms with Gasteiger partial charge in [-0.05, 0) is 36.4 Å². The van der Waals surface area contributed by atoms with Gasteiger partial charge in [-0.2, -0.15) is 0 Å². The highest BCUT2D eigenvalue weighted by Gasteiger charge is 2.18. The molecule has 0 saturated carbocycles. The number of carboxylic acids is 1. The van der Waals surface area contributed by atoms with Crippen LogP contribution in [0, 0.1) is 5.82 Å². The van der Waals surface area contributed by atoms with Gasteiger partial charge < -0.3 is 19.7 Å². The largest absolute Gasteiger partial charge is 0.872 e. The summed E-state index contributed by atoms with van der Waals surface area (Å²) in [6.45, 7) is 0.183. The van der Waals surface area contributed by atoms with Crippen LogP contribution >= 0.6 is 0 Å². The molecule has 0 amide bonds. The normalized spacial score (nSPS) is 13.3. The van der Waals surface area contributed by atoms with Crippen molar-refractivity contribution in [3.8, 4) is 11.5 Å². The zero-order valence-electron chi connectivity index (χ0n) is 12.8. The van der Waals surface area contributed by atoms with Crippen molar-refractivity contribution in [3.63, 3.8) is 0 Å². The molecular formula is C18H12FO6-. The van der Waals surface area contributed by atoms with E-state index in [1.807, 2.05) is 0 Å². The van der Waals surface area contributed by atoms with Crippen LogP contribution in [0.15, 0.2) is 36.4 Å². The molecule has 3 rings (SSSR count). The number of carbonyl (C=O) groups excluding carboxylic acids is 1. The average molecular weight is 343 g/mol. The topological polar surface area (TPSA) is 95.9 Å². The maximum absolute atomic E-state index is 13.2. The molecule has 0 spiro atoms. The maximum atomic E-state index is 13.2. The van der Waals surface area contributed by atoms with E-state index in [9.17, 15) is 24.2 Å². The zero-order valence-corrected chi connectivity index (χ0v) is 12.8. The van der Waals surface area contributed by atoms with Gasteiger partial charge in [0, 0.05) is 16.7 Å². The number of carboxylic acid groups (broad SMARTS) is 1. The molecule has 1 N–H and O–H groups in total. The van der Waals surface area contributed by atoms with E-state index in [2.05, 4.69) is 0 Å². The molecule has 7 heteroatoms. The Bertz CT molecular complexity index is 887. The first-order chi connectivity index (χ1) is 12.0. The van der Waals surface area contributed by atoms with Gasteiger partial charge in [0.25, 0.3) is 0 Å². The Balaban J connectivity index is 1.97. The van der Waals surface area contributed by atoms with E-state index in [0.29, 0.717) is 16.9 Å². The van der Waals surface area contributed by atoms with E-state index in [1.54, 1.807) is 0 Å². The number of rotatable bonds is 4. The predicted molar refractivity (Wildman–Crippen MR) is 82.9 cm³/mol. The Labute approximate surface area is 141 Å². The molecule has 2 aromatic carbocycles. The second-order valence-electron chi connectivity index (χ2n) is 5.31. The molecule has 1 aliphatic rings. The predicted octanol–water partition coefficient (Wildman–Crippen LogP) is 2.36. The van der Waals surface area contributed by atoms with E-state index in [0.717, 1.165) is 24.3 Å². The molecule has 2 aromatic rings. The number of hydrogen-bond donors (Lipinski definition) is 1. The zero-order chi connectivity index (χ0) is 18.0. The first-order valence-corrected chi connectivity index (χ1v) is 7.25. The lowest BCUT2D eigenvalue weighted by atomic mass is 10.0. The second-order valence-corrected chi connectivity index (χ2v) is 5.31. The smallest absolute Gasteiger partial charge is 0.335 e. The molecule has 1 aliphatic heterocycles. The first-order valence-electron chi connectivity index (χ1n) is 7.25. The van der Waals surface area contributed by atoms with Gasteiger partial charge in [0.1, 0.15) is 11.6 Å². The van der Waals surface area contributed by atoms with Crippen LogP contribution in [0.2, 0.25) is 0 Å². The average Bonchev–Trinajstić information content (AvgIpc) is 2.61. The number of hydrogen-bond acceptors (Lipinski definition) is 5. The van der Waals surface area contributed by atoms with Crippen LogP contribution in [0.4, 0.5) is 4.39 Å². The summed E-state index contributed by atoms with van der Waals surface area (Å²) < 4.78 is 23.7. The maximum Gasteiger partial charge on any atom is 0.335 e. The molecule has 0 unspecified atom stereocenters. The fourth-order valence-electron chi connectivity index (χ4n) is 2.45. The summed E-state index contributed by atoms with van der Waals surface area (Å²) in [7, 11) is 0. The van der Waals surface area contributed by atoms with Gasteiger partial charge in [-0.15, -0.1) is 0 Å². The van der Waals surface area contributed by atoms with Crippen molar-refractivity contribution in [1.82, 2.24) is 0 Å². The number of ether oxygens (including phenoxy) is 2. The van der Waals surface area contributed by atoms with Crippen molar-refractivity contribution in [3.05, 3.63) is 64.5 Å². The molecule has 0 atom stereocenters. The first kappa shape index (κ1) is 16.7. The summed E-state index contributed by atoms with van der Waals surface area (Å²) in [5.41, 5.74) is 0.600. The Kier molecular flexibility index (Phi) is 4.49. The van der Waals surface area contributed by atoms with Crippen LogP contribution in [-0.4, -0.2) is 23.7 Å². The van der Waals surface area contributed by atoms with Gasteiger partial charge >= 0.3 is 5.97 Å². The number of benzene rings is 2. The molecule has 128 valence electrons. The van der Waals surface area contributed by atoms with Gasteiger partial charge in [0.2, 0.25) is 0 Å². The summed E-state index contributed by atoms with van der Waals surface area (Å²) in [6.07, 6.45) is 2.42. The van der Waals surface area contributed by atoms with Crippen LogP contribution in [0.1, 0.15) is 31.8 Å². The van der Waals surface area contributed by atoms with Gasteiger partial charge in [-0.25, -0.2) is 9.18 Å². The van der Waals surface area contributed by atoms with Crippen molar-refractivity contribution in [2.75, 3.05) is 6.79 Å². The van der Waals surface area contributed by atoms with Crippen molar-refractivity contribution in [1.29, 1.82) is 0 Å². The number of allylic oxidation sites excluding steroid dienone is 1. The third-order valence-electron chi connectivity index (χ3n) is 3.61. The lowest BCUT2D eigenvalue weighted by Gasteiger charge is -2.20. The number of halogens is 1. The number of fused-ring (bicyclic) bond motifs is 1. The minimum absolute atomic E-state index is 0.00279. The van der Waals surface area contributed by atoms with Gasteiger partial charge in [0.05, 0.1) is 12.2 Å². The van der Waals surface area contributed by atoms with Crippen molar-refractivity contribution in [2.24, 2.45) is 0 Å². The lowest BCUT2D eigenvalue weighted by molar-refractivity contribution is -0.268. The number of aromatic carboxylic acids is 1. The molecule has 25 heavy (non-hydrogen) atoms. The van der Waals surface area contributed by atoms with Crippen LogP contribution in [0.5, 0.6) is 11.5 Å². The molecule has 0 saturated heterocycles. The third kappa shape index (κ3) is 3.51. The minimum Gasteiger partial charge on any atom is -0.872 e. The Morgan fingerprint density at radius 2 is 2.04 bits per heavy atom. The lowest BCUT2D eigenvalue weighted by Crippen LogP contribution is -2.13. The van der Waals surface area contributed by atoms with Crippen LogP contribution < -0.4 is 9.84 Å². The number of ketones is 1. The van der Waals surface area contributed by atoms with E-state index in [-0.39, 0.29) is 24.5 Å². The Hall–Kier alpha value is -3.19. The Morgan fingerprint density at radius 1 is 1.24 bits per heavy atom. The third-order valence-corrected chi connectivity index (χ3v) is 3.61. The molecule has 0 bridgehead atoms. The molecule has 0 aromatic heterocycles. The van der Waals surface area contributed by atoms with Crippen molar-refractivity contribution < 1.29 is 33.7 Å². The number of carbonyl (C=O) groups is 2. The summed E-state index contributed by atoms with van der Waals surface area (Å²) >= 11 is 0. The summed E-state index contributed by atoms with van der Waals surface area (Å²) in [6, 6.07) is 5.59. The molecule has 6 nitrogen and oxygen atoms in total. The standard InChI is InChI=1S/C18H13FO6/c19-13-2-4-16(21)14(7-13)15(20)3-1-10-5-11(18(22)23)6-12-8-24-9-25-17(10)12/h1-7,21H,8-9H2,(H,22,23)/p-1/b3-1+. The fraction of sp³-hybridized carbons (Fsp3) is 0.111. The molecular weight excluding hydrogens is 331 g/mol. The van der Waals surface area contributed by atoms with E-state index in [1.165, 1.54) is 18.2 Å². The highest BCUT2D eigenvalue weighted by molar-refractivity contribution is 6.08. The van der Waals surface area contributed by atoms with E-state index in [4.69, 9.17) is 9.47 Å². The summed E-state index contributed by atoms with van der Waals surface area (Å²) in [5, 5.41) is 20.8. The molecule has 0 radical (unpaired) electrons. The monoisotopic (exact) mass is 343 g/mol. The Morgan fingerprint density at radius 3 is 2.80 bits per heavy atom. The van der Waals surface area contributed by atoms with E-state index >= 15 is 0 Å². The van der Waals surface area contributed by atoms with Crippen molar-refractivity contribution >= 4 is 17.8 Å². The van der Waals surface area contributed by atoms with Crippen LogP contribution in [0.3, 0.4) is 0 Å². The SMILES string of the molecule is O=C(O)c1cc(/C=C/C(=O)c2cc(F)ccc2[O-])c2c(c1)COCO2. The summed E-state index contributed by atoms with van der Waals surface area (Å²) in [5.74, 6) is -2.71. The molecule has 0 aliphatic carbocycles. The fourth-order valence-corrected chi connectivity index (χ4v) is 2.45. The van der Waals surface area contributed by atoms with Gasteiger partial charge in [0.15, 0.2) is 12.6 Å². The second kappa shape index (κ2) is 6.74. The van der Waals surface area contributed by atoms with Crippen molar-refractivity contribution in [2.45, 2.75) is 6.61 Å². The minimum atomic E-state index is -1.14. The van der Waals surface area contributed by atoms with E-state index < -0.39 is 23.3 Å². The highest BCUT2D eigenvalue weighted by Crippen LogP contribution is 2.31.